The van der Waals surface area contributed by atoms with Crippen LogP contribution in [-0.2, 0) is 5.41 Å². The molecule has 1 aliphatic heterocycles. The van der Waals surface area contributed by atoms with E-state index in [2.05, 4.69) is 11.1 Å². The highest BCUT2D eigenvalue weighted by Crippen LogP contribution is 2.36. The average molecular weight is 236 g/mol. The average Bonchev–Trinajstić information content (AvgIpc) is 2.61. The fourth-order valence-electron chi connectivity index (χ4n) is 2.22. The van der Waals surface area contributed by atoms with Gasteiger partial charge in [-0.2, -0.15) is 5.26 Å². The van der Waals surface area contributed by atoms with Gasteiger partial charge in [-0.15, -0.1) is 0 Å². The summed E-state index contributed by atoms with van der Waals surface area (Å²) >= 11 is 0. The number of nitrogens with zero attached hydrogens (tertiary/aromatic N) is 2. The molecule has 0 N–H and O–H groups in total. The van der Waals surface area contributed by atoms with Crippen molar-refractivity contribution >= 4 is 23.3 Å². The molecular formula is C15H12N2O. The maximum Gasteiger partial charge on any atom is 0.135 e. The number of nitriles is 1. The van der Waals surface area contributed by atoms with Gasteiger partial charge in [0.05, 0.1) is 6.07 Å². The predicted octanol–water partition coefficient (Wildman–Crippen LogP) is 3.64. The highest BCUT2D eigenvalue weighted by atomic mass is 16.3. The number of hydrogen-bond donors (Lipinski definition) is 0. The minimum atomic E-state index is -0.665. The van der Waals surface area contributed by atoms with E-state index < -0.39 is 5.41 Å². The molecule has 2 heterocycles. The van der Waals surface area contributed by atoms with E-state index in [-0.39, 0.29) is 0 Å². The SMILES string of the molecule is CC(C)(C#N)c1oc2cccc3c2c1C=NC=C3. The van der Waals surface area contributed by atoms with Crippen molar-refractivity contribution in [3.8, 4) is 6.07 Å². The lowest BCUT2D eigenvalue weighted by Gasteiger charge is -2.12. The van der Waals surface area contributed by atoms with Gasteiger partial charge in [0.2, 0.25) is 0 Å². The van der Waals surface area contributed by atoms with Crippen LogP contribution in [0.15, 0.2) is 33.8 Å². The van der Waals surface area contributed by atoms with Crippen molar-refractivity contribution < 1.29 is 4.42 Å². The number of rotatable bonds is 1. The third-order valence-corrected chi connectivity index (χ3v) is 3.18. The zero-order chi connectivity index (χ0) is 12.8. The van der Waals surface area contributed by atoms with E-state index >= 15 is 0 Å². The van der Waals surface area contributed by atoms with Crippen LogP contribution in [0.25, 0.3) is 17.0 Å². The first kappa shape index (κ1) is 10.8. The quantitative estimate of drug-likeness (QED) is 0.759. The normalized spacial score (nSPS) is 13.6. The van der Waals surface area contributed by atoms with Crippen molar-refractivity contribution in [2.75, 3.05) is 0 Å². The van der Waals surface area contributed by atoms with Crippen molar-refractivity contribution in [2.45, 2.75) is 19.3 Å². The third kappa shape index (κ3) is 1.39. The molecule has 0 spiro atoms. The molecule has 0 atom stereocenters. The molecule has 0 saturated carbocycles. The Balaban J connectivity index is 2.44. The summed E-state index contributed by atoms with van der Waals surface area (Å²) in [6, 6.07) is 8.18. The second kappa shape index (κ2) is 3.58. The van der Waals surface area contributed by atoms with Crippen molar-refractivity contribution in [3.05, 3.63) is 41.3 Å². The van der Waals surface area contributed by atoms with Crippen molar-refractivity contribution in [1.29, 1.82) is 5.26 Å². The monoisotopic (exact) mass is 236 g/mol. The van der Waals surface area contributed by atoms with Crippen LogP contribution in [0.3, 0.4) is 0 Å². The Hall–Kier alpha value is -2.34. The summed E-state index contributed by atoms with van der Waals surface area (Å²) in [5.41, 5.74) is 2.13. The van der Waals surface area contributed by atoms with Gasteiger partial charge in [0.1, 0.15) is 16.8 Å². The molecule has 1 aromatic carbocycles. The Bertz CT molecular complexity index is 727. The Kier molecular flexibility index (Phi) is 2.14. The molecule has 0 aliphatic carbocycles. The van der Waals surface area contributed by atoms with E-state index in [4.69, 9.17) is 4.42 Å². The topological polar surface area (TPSA) is 49.3 Å². The van der Waals surface area contributed by atoms with Crippen molar-refractivity contribution in [2.24, 2.45) is 4.99 Å². The maximum atomic E-state index is 9.28. The molecule has 88 valence electrons. The van der Waals surface area contributed by atoms with Gasteiger partial charge in [-0.25, -0.2) is 0 Å². The molecule has 3 rings (SSSR count). The molecule has 3 nitrogen and oxygen atoms in total. The van der Waals surface area contributed by atoms with Gasteiger partial charge >= 0.3 is 0 Å². The summed E-state index contributed by atoms with van der Waals surface area (Å²) in [4.78, 5) is 4.22. The maximum absolute atomic E-state index is 9.28. The molecular weight excluding hydrogens is 224 g/mol. The molecule has 0 amide bonds. The summed E-state index contributed by atoms with van der Waals surface area (Å²) in [5.74, 6) is 0.680. The van der Waals surface area contributed by atoms with Crippen LogP contribution in [0.5, 0.6) is 0 Å². The number of hydrogen-bond acceptors (Lipinski definition) is 3. The molecule has 0 radical (unpaired) electrons. The van der Waals surface area contributed by atoms with Crippen LogP contribution in [0.2, 0.25) is 0 Å². The van der Waals surface area contributed by atoms with Crippen LogP contribution in [0.4, 0.5) is 0 Å². The Morgan fingerprint density at radius 1 is 1.33 bits per heavy atom. The summed E-state index contributed by atoms with van der Waals surface area (Å²) in [6.45, 7) is 3.71. The Morgan fingerprint density at radius 3 is 2.94 bits per heavy atom. The second-order valence-corrected chi connectivity index (χ2v) is 4.90. The van der Waals surface area contributed by atoms with Gasteiger partial charge < -0.3 is 4.42 Å². The van der Waals surface area contributed by atoms with Gasteiger partial charge in [-0.3, -0.25) is 4.99 Å². The van der Waals surface area contributed by atoms with E-state index in [1.165, 1.54) is 0 Å². The molecule has 18 heavy (non-hydrogen) atoms. The molecule has 0 fully saturated rings. The van der Waals surface area contributed by atoms with Crippen LogP contribution in [0, 0.1) is 11.3 Å². The highest BCUT2D eigenvalue weighted by Gasteiger charge is 2.29. The molecule has 1 aliphatic rings. The van der Waals surface area contributed by atoms with Gasteiger partial charge in [0.25, 0.3) is 0 Å². The van der Waals surface area contributed by atoms with Gasteiger partial charge in [-0.05, 0) is 31.6 Å². The highest BCUT2D eigenvalue weighted by molar-refractivity contribution is 6.05. The van der Waals surface area contributed by atoms with E-state index in [0.717, 1.165) is 22.1 Å². The Labute approximate surface area is 105 Å². The van der Waals surface area contributed by atoms with Gasteiger partial charge in [-0.1, -0.05) is 12.1 Å². The van der Waals surface area contributed by atoms with Crippen LogP contribution < -0.4 is 0 Å². The summed E-state index contributed by atoms with van der Waals surface area (Å²) in [6.07, 6.45) is 5.49. The summed E-state index contributed by atoms with van der Waals surface area (Å²) < 4.78 is 5.87. The standard InChI is InChI=1S/C15H12N2O/c1-15(2,9-16)14-11-8-17-7-6-10-4-3-5-12(18-14)13(10)11/h3-8H,1-2H3. The first-order valence-corrected chi connectivity index (χ1v) is 5.80. The molecule has 1 aromatic heterocycles. The number of furan rings is 1. The predicted molar refractivity (Wildman–Crippen MR) is 71.5 cm³/mol. The summed E-state index contributed by atoms with van der Waals surface area (Å²) in [7, 11) is 0. The second-order valence-electron chi connectivity index (χ2n) is 4.90. The lowest BCUT2D eigenvalue weighted by Crippen LogP contribution is -2.14. The fourth-order valence-corrected chi connectivity index (χ4v) is 2.22. The molecule has 0 bridgehead atoms. The fraction of sp³-hybridized carbons (Fsp3) is 0.200. The molecule has 0 unspecified atom stereocenters. The largest absolute Gasteiger partial charge is 0.459 e. The van der Waals surface area contributed by atoms with E-state index in [1.54, 1.807) is 12.4 Å². The minimum Gasteiger partial charge on any atom is -0.459 e. The lowest BCUT2D eigenvalue weighted by molar-refractivity contribution is 0.469. The van der Waals surface area contributed by atoms with E-state index in [1.807, 2.05) is 38.1 Å². The smallest absolute Gasteiger partial charge is 0.135 e. The number of aliphatic imine (C=N–C) groups is 1. The first-order chi connectivity index (χ1) is 8.63. The number of benzene rings is 1. The van der Waals surface area contributed by atoms with Gasteiger partial charge in [0, 0.05) is 23.4 Å². The lowest BCUT2D eigenvalue weighted by atomic mass is 9.89. The first-order valence-electron chi connectivity index (χ1n) is 5.80. The summed E-state index contributed by atoms with van der Waals surface area (Å²) in [5, 5.41) is 10.3. The van der Waals surface area contributed by atoms with Crippen LogP contribution in [-0.4, -0.2) is 6.21 Å². The van der Waals surface area contributed by atoms with Crippen LogP contribution >= 0.6 is 0 Å². The van der Waals surface area contributed by atoms with Crippen molar-refractivity contribution in [1.82, 2.24) is 0 Å². The van der Waals surface area contributed by atoms with Crippen molar-refractivity contribution in [3.63, 3.8) is 0 Å². The van der Waals surface area contributed by atoms with E-state index in [0.29, 0.717) is 5.76 Å². The van der Waals surface area contributed by atoms with Gasteiger partial charge in [0.15, 0.2) is 0 Å². The molecule has 2 aromatic rings. The molecule has 0 saturated heterocycles. The Morgan fingerprint density at radius 2 is 2.17 bits per heavy atom. The molecule has 3 heteroatoms. The third-order valence-electron chi connectivity index (χ3n) is 3.18. The van der Waals surface area contributed by atoms with Crippen LogP contribution in [0.1, 0.15) is 30.7 Å². The van der Waals surface area contributed by atoms with E-state index in [9.17, 15) is 5.26 Å². The zero-order valence-electron chi connectivity index (χ0n) is 10.3. The minimum absolute atomic E-state index is 0.665. The zero-order valence-corrected chi connectivity index (χ0v) is 10.3.